The largest absolute Gasteiger partial charge is 0.464 e. The van der Waals surface area contributed by atoms with Gasteiger partial charge in [0.2, 0.25) is 5.91 Å². The normalized spacial score (nSPS) is 32.5. The molecule has 5 fully saturated rings. The Balaban J connectivity index is 1.09. The molecule has 1 saturated carbocycles. The number of hydrogen-bond donors (Lipinski definition) is 2. The van der Waals surface area contributed by atoms with Gasteiger partial charge in [-0.1, -0.05) is 33.8 Å². The highest BCUT2D eigenvalue weighted by Gasteiger charge is 2.51. The Labute approximate surface area is 405 Å². The Morgan fingerprint density at radius 1 is 1.03 bits per heavy atom. The van der Waals surface area contributed by atoms with Crippen LogP contribution in [-0.2, 0) is 51.0 Å². The third-order valence-electron chi connectivity index (χ3n) is 16.2. The Morgan fingerprint density at radius 2 is 1.76 bits per heavy atom. The minimum absolute atomic E-state index is 0.162. The molecule has 1 aromatic carbocycles. The summed E-state index contributed by atoms with van der Waals surface area (Å²) in [5.41, 5.74) is 10.4. The first-order valence-corrected chi connectivity index (χ1v) is 26.2. The van der Waals surface area contributed by atoms with Gasteiger partial charge in [-0.05, 0) is 106 Å². The van der Waals surface area contributed by atoms with E-state index in [0.29, 0.717) is 67.3 Å². The number of morpholine rings is 1. The van der Waals surface area contributed by atoms with Crippen molar-refractivity contribution < 1.29 is 38.1 Å². The van der Waals surface area contributed by atoms with E-state index in [1.54, 1.807) is 18.9 Å². The highest BCUT2D eigenvalue weighted by molar-refractivity contribution is 8.14. The number of nitrogens with zero attached hydrogens (tertiary/aromatic N) is 5. The number of thioether (sulfide) groups is 1. The standard InChI is InChI=1S/C52H71N7O8S/c1-9-57-42-14-13-31-18-37(42)39(46(57)38-19-33(21-53-44(38)30(5)63-8)32-16-34-22-64-23-35(17-32)59(34)36-24-65-25-36)20-52(6,7)27-67-51(62)40-12-11-15-58(56-40)50(61)45(55-48(60)43-28(3)29(43)4)47(66-10-2)49-54-41(31)26-68-49/h13-14,18-19,21,28-30,32,34-36,40-41,43,45,47,56H,9-12,15-17,20,22-27H2,1-8H3,(H,55,60)/t28-,29+,30-,34-,35-,40-,41?,43+,45-,47-/m0/s1. The number of carbonyl (C=O) groups is 3. The van der Waals surface area contributed by atoms with Crippen LogP contribution in [0.5, 0.6) is 0 Å². The quantitative estimate of drug-likeness (QED) is 0.217. The number of benzene rings is 1. The third-order valence-corrected chi connectivity index (χ3v) is 17.3. The summed E-state index contributed by atoms with van der Waals surface area (Å²) >= 11 is 1.58. The van der Waals surface area contributed by atoms with Crippen LogP contribution < -0.4 is 10.7 Å². The second-order valence-electron chi connectivity index (χ2n) is 21.2. The lowest BCUT2D eigenvalue weighted by Gasteiger charge is -2.53. The molecule has 0 spiro atoms. The number of pyridine rings is 1. The van der Waals surface area contributed by atoms with E-state index in [2.05, 4.69) is 92.2 Å². The van der Waals surface area contributed by atoms with Crippen LogP contribution in [0.15, 0.2) is 35.5 Å². The fourth-order valence-electron chi connectivity index (χ4n) is 12.1. The number of esters is 1. The number of ether oxygens (including phenoxy) is 5. The molecule has 2 N–H and O–H groups in total. The van der Waals surface area contributed by atoms with Crippen molar-refractivity contribution >= 4 is 45.5 Å². The first-order chi connectivity index (χ1) is 32.8. The maximum Gasteiger partial charge on any atom is 0.324 e. The number of cyclic esters (lactones) is 1. The van der Waals surface area contributed by atoms with Crippen LogP contribution in [0.3, 0.4) is 0 Å². The maximum absolute atomic E-state index is 14.7. The van der Waals surface area contributed by atoms with Crippen molar-refractivity contribution in [3.63, 3.8) is 0 Å². The van der Waals surface area contributed by atoms with Crippen molar-refractivity contribution in [2.45, 2.75) is 141 Å². The molecule has 15 nitrogen and oxygen atoms in total. The van der Waals surface area contributed by atoms with Gasteiger partial charge in [0, 0.05) is 78.6 Å². The van der Waals surface area contributed by atoms with Crippen molar-refractivity contribution in [3.05, 3.63) is 52.8 Å². The van der Waals surface area contributed by atoms with Gasteiger partial charge in [0.05, 0.1) is 62.6 Å². The van der Waals surface area contributed by atoms with Crippen molar-refractivity contribution in [3.8, 4) is 11.3 Å². The minimum atomic E-state index is -1.05. The average molecular weight is 954 g/mol. The fraction of sp³-hybridized carbons (Fsp3) is 0.673. The molecule has 16 heteroatoms. The first kappa shape index (κ1) is 47.8. The molecule has 8 heterocycles. The van der Waals surface area contributed by atoms with Gasteiger partial charge < -0.3 is 33.6 Å². The highest BCUT2D eigenvalue weighted by Crippen LogP contribution is 2.47. The van der Waals surface area contributed by atoms with Crippen molar-refractivity contribution in [2.24, 2.45) is 28.2 Å². The molecule has 10 rings (SSSR count). The number of rotatable bonds is 10. The lowest BCUT2D eigenvalue weighted by atomic mass is 9.79. The lowest BCUT2D eigenvalue weighted by molar-refractivity contribution is -0.159. The molecule has 0 radical (unpaired) electrons. The fourth-order valence-corrected chi connectivity index (χ4v) is 13.2. The van der Waals surface area contributed by atoms with E-state index < -0.39 is 29.6 Å². The number of methoxy groups -OCH3 is 1. The number of nitrogens with one attached hydrogen (secondary N) is 2. The van der Waals surface area contributed by atoms with Crippen LogP contribution in [0.2, 0.25) is 0 Å². The van der Waals surface area contributed by atoms with E-state index in [4.69, 9.17) is 33.7 Å². The zero-order chi connectivity index (χ0) is 47.6. The van der Waals surface area contributed by atoms with Gasteiger partial charge in [0.1, 0.15) is 23.2 Å². The molecule has 2 amide bonds. The molecule has 1 unspecified atom stereocenters. The second-order valence-corrected chi connectivity index (χ2v) is 22.3. The number of hydrogen-bond acceptors (Lipinski definition) is 13. The first-order valence-electron chi connectivity index (χ1n) is 25.3. The monoisotopic (exact) mass is 954 g/mol. The van der Waals surface area contributed by atoms with Crippen LogP contribution in [0, 0.1) is 23.2 Å². The Bertz CT molecular complexity index is 2420. The second kappa shape index (κ2) is 19.4. The summed E-state index contributed by atoms with van der Waals surface area (Å²) in [6.07, 6.45) is 4.72. The van der Waals surface area contributed by atoms with E-state index in [1.165, 1.54) is 16.1 Å². The Hall–Kier alpha value is -3.90. The van der Waals surface area contributed by atoms with Crippen LogP contribution in [0.1, 0.15) is 115 Å². The lowest BCUT2D eigenvalue weighted by Crippen LogP contribution is -2.64. The van der Waals surface area contributed by atoms with Crippen molar-refractivity contribution in [1.82, 2.24) is 30.2 Å². The number of fused-ring (bicyclic) bond motifs is 7. The predicted molar refractivity (Wildman–Crippen MR) is 261 cm³/mol. The van der Waals surface area contributed by atoms with Crippen LogP contribution in [0.25, 0.3) is 22.2 Å². The number of piperidine rings is 1. The molecule has 7 aliphatic rings. The van der Waals surface area contributed by atoms with Crippen LogP contribution in [0.4, 0.5) is 0 Å². The molecule has 4 saturated heterocycles. The summed E-state index contributed by atoms with van der Waals surface area (Å²) < 4.78 is 33.0. The molecule has 2 aromatic heterocycles. The molecular weight excluding hydrogens is 883 g/mol. The molecule has 8 bridgehead atoms. The SMILES string of the molecule is CCO[C@@H]1C2=NC(CS2)c2ccc3c(c2)c(c(-c2cc(C4C[C@H]5COC[C@H](C4)N5C4COC4)cnc2[C@H](C)OC)n3CC)CC(C)(C)COC(=O)[C@@H]2CCCN(N2)C(=O)[C@H]1NC(=O)[C@H]1[C@H](C)[C@@H]1C. The van der Waals surface area contributed by atoms with E-state index >= 15 is 0 Å². The van der Waals surface area contributed by atoms with E-state index in [-0.39, 0.29) is 48.3 Å². The number of hydrazine groups is 1. The molecule has 368 valence electrons. The average Bonchev–Trinajstić information content (AvgIpc) is 3.59. The van der Waals surface area contributed by atoms with Crippen LogP contribution >= 0.6 is 11.8 Å². The number of carbonyl (C=O) groups excluding carboxylic acids is 3. The molecular formula is C52H71N7O8S. The number of aromatic nitrogens is 2. The van der Waals surface area contributed by atoms with Crippen molar-refractivity contribution in [2.75, 3.05) is 59.0 Å². The topological polar surface area (TPSA) is 158 Å². The molecule has 3 aromatic rings. The van der Waals surface area contributed by atoms with Crippen LogP contribution in [-0.4, -0.2) is 138 Å². The smallest absolute Gasteiger partial charge is 0.324 e. The summed E-state index contributed by atoms with van der Waals surface area (Å²) in [5, 5.41) is 6.43. The van der Waals surface area contributed by atoms with Gasteiger partial charge in [-0.15, -0.1) is 11.8 Å². The van der Waals surface area contributed by atoms with Gasteiger partial charge >= 0.3 is 5.97 Å². The van der Waals surface area contributed by atoms with E-state index in [1.807, 2.05) is 6.92 Å². The van der Waals surface area contributed by atoms with Gasteiger partial charge in [0.25, 0.3) is 5.91 Å². The summed E-state index contributed by atoms with van der Waals surface area (Å²) in [5.74, 6) is 0.318. The Kier molecular flexibility index (Phi) is 13.6. The number of aliphatic imine (C=N–C) groups is 1. The third kappa shape index (κ3) is 8.93. The summed E-state index contributed by atoms with van der Waals surface area (Å²) in [4.78, 5) is 55.9. The minimum Gasteiger partial charge on any atom is -0.464 e. The Morgan fingerprint density at radius 3 is 2.44 bits per heavy atom. The molecule has 6 aliphatic heterocycles. The number of aryl methyl sites for hydroxylation is 1. The molecule has 10 atom stereocenters. The summed E-state index contributed by atoms with van der Waals surface area (Å²) in [7, 11) is 1.75. The number of amides is 2. The predicted octanol–water partition coefficient (Wildman–Crippen LogP) is 6.38. The summed E-state index contributed by atoms with van der Waals surface area (Å²) in [6, 6.07) is 8.27. The van der Waals surface area contributed by atoms with E-state index in [9.17, 15) is 14.4 Å². The van der Waals surface area contributed by atoms with Gasteiger partial charge in [0.15, 0.2) is 0 Å². The maximum atomic E-state index is 14.7. The van der Waals surface area contributed by atoms with E-state index in [0.717, 1.165) is 79.2 Å². The van der Waals surface area contributed by atoms with Gasteiger partial charge in [-0.3, -0.25) is 34.3 Å². The van der Waals surface area contributed by atoms with Crippen molar-refractivity contribution in [1.29, 1.82) is 0 Å². The highest BCUT2D eigenvalue weighted by atomic mass is 32.2. The van der Waals surface area contributed by atoms with Gasteiger partial charge in [-0.2, -0.15) is 0 Å². The summed E-state index contributed by atoms with van der Waals surface area (Å²) in [6.45, 7) is 19.3. The molecule has 68 heavy (non-hydrogen) atoms. The zero-order valence-corrected chi connectivity index (χ0v) is 41.9. The zero-order valence-electron chi connectivity index (χ0n) is 41.1. The molecule has 1 aliphatic carbocycles. The van der Waals surface area contributed by atoms with Gasteiger partial charge in [-0.25, -0.2) is 5.43 Å².